The van der Waals surface area contributed by atoms with E-state index in [9.17, 15) is 0 Å². The van der Waals surface area contributed by atoms with Crippen LogP contribution in [0.3, 0.4) is 0 Å². The summed E-state index contributed by atoms with van der Waals surface area (Å²) in [5.74, 6) is 0. The van der Waals surface area contributed by atoms with Crippen LogP contribution in [0.2, 0.25) is 0 Å². The quantitative estimate of drug-likeness (QED) is 0.602. The molecule has 2 aliphatic rings. The van der Waals surface area contributed by atoms with E-state index in [1.54, 1.807) is 0 Å². The third kappa shape index (κ3) is 1.48. The molecular weight excluding hydrogens is 156 g/mol. The second-order valence-corrected chi connectivity index (χ2v) is 3.13. The molecule has 64 valence electrons. The Morgan fingerprint density at radius 1 is 1.00 bits per heavy atom. The Bertz CT molecular complexity index is 387. The van der Waals surface area contributed by atoms with Crippen LogP contribution in [0.1, 0.15) is 5.56 Å². The minimum Gasteiger partial charge on any atom is -0.103 e. The van der Waals surface area contributed by atoms with Crippen LogP contribution in [0, 0.1) is 0 Å². The Balaban J connectivity index is 2.54. The first-order valence-corrected chi connectivity index (χ1v) is 4.49. The summed E-state index contributed by atoms with van der Waals surface area (Å²) in [4.78, 5) is 0. The van der Waals surface area contributed by atoms with Crippen molar-refractivity contribution in [1.82, 2.24) is 0 Å². The van der Waals surface area contributed by atoms with E-state index < -0.39 is 0 Å². The lowest BCUT2D eigenvalue weighted by Gasteiger charge is -1.96. The van der Waals surface area contributed by atoms with Crippen molar-refractivity contribution in [3.63, 3.8) is 0 Å². The highest BCUT2D eigenvalue weighted by Crippen LogP contribution is 2.26. The van der Waals surface area contributed by atoms with Gasteiger partial charge in [-0.3, -0.25) is 0 Å². The molecule has 0 nitrogen and oxygen atoms in total. The zero-order chi connectivity index (χ0) is 9.10. The van der Waals surface area contributed by atoms with Crippen LogP contribution in [0.4, 0.5) is 0 Å². The van der Waals surface area contributed by atoms with Crippen molar-refractivity contribution in [2.75, 3.05) is 0 Å². The Morgan fingerprint density at radius 3 is 2.69 bits per heavy atom. The van der Waals surface area contributed by atoms with Crippen molar-refractivity contribution in [1.29, 1.82) is 0 Å². The molecule has 2 rings (SSSR count). The fourth-order valence-corrected chi connectivity index (χ4v) is 1.61. The van der Waals surface area contributed by atoms with Crippen molar-refractivity contribution in [2.24, 2.45) is 0 Å². The first kappa shape index (κ1) is 8.06. The molecule has 0 unspecified atom stereocenters. The van der Waals surface area contributed by atoms with Crippen LogP contribution in [0.15, 0.2) is 55.1 Å². The van der Waals surface area contributed by atoms with E-state index in [-0.39, 0.29) is 0 Å². The average Bonchev–Trinajstić information content (AvgIpc) is 2.38. The number of hydrogen-bond donors (Lipinski definition) is 0. The molecule has 0 aromatic carbocycles. The van der Waals surface area contributed by atoms with Gasteiger partial charge in [0, 0.05) is 0 Å². The second kappa shape index (κ2) is 3.44. The van der Waals surface area contributed by atoms with Gasteiger partial charge < -0.3 is 0 Å². The molecule has 0 N–H and O–H groups in total. The molecule has 0 aliphatic heterocycles. The van der Waals surface area contributed by atoms with Gasteiger partial charge in [-0.1, -0.05) is 48.5 Å². The molecule has 0 atom stereocenters. The normalized spacial score (nSPS) is 10.2. The molecule has 0 aromatic heterocycles. The maximum atomic E-state index is 3.76. The minimum atomic E-state index is 0.952. The summed E-state index contributed by atoms with van der Waals surface area (Å²) in [6.45, 7) is 3.76. The molecule has 0 heterocycles. The average molecular weight is 168 g/mol. The molecule has 2 aliphatic carbocycles. The molecule has 0 aromatic rings. The third-order valence-electron chi connectivity index (χ3n) is 2.25. The van der Waals surface area contributed by atoms with E-state index in [0.717, 1.165) is 6.42 Å². The SMILES string of the molecule is C=CCc1ccc2cccccc1-2. The summed E-state index contributed by atoms with van der Waals surface area (Å²) in [6, 6.07) is 14.8. The Morgan fingerprint density at radius 2 is 1.85 bits per heavy atom. The molecule has 13 heavy (non-hydrogen) atoms. The van der Waals surface area contributed by atoms with Gasteiger partial charge in [0.1, 0.15) is 0 Å². The second-order valence-electron chi connectivity index (χ2n) is 3.13. The van der Waals surface area contributed by atoms with E-state index in [2.05, 4.69) is 49.0 Å². The van der Waals surface area contributed by atoms with Gasteiger partial charge in [-0.2, -0.15) is 0 Å². The fraction of sp³-hybridized carbons (Fsp3) is 0.0769. The monoisotopic (exact) mass is 168 g/mol. The molecule has 0 radical (unpaired) electrons. The lowest BCUT2D eigenvalue weighted by Crippen LogP contribution is -1.77. The zero-order valence-electron chi connectivity index (χ0n) is 7.53. The Hall–Kier alpha value is -1.56. The van der Waals surface area contributed by atoms with Crippen LogP contribution in [-0.2, 0) is 6.42 Å². The summed E-state index contributed by atoms with van der Waals surface area (Å²) in [5, 5.41) is 0. The molecule has 0 heteroatoms. The van der Waals surface area contributed by atoms with Crippen LogP contribution >= 0.6 is 0 Å². The van der Waals surface area contributed by atoms with E-state index in [1.165, 1.54) is 16.7 Å². The van der Waals surface area contributed by atoms with Gasteiger partial charge in [0.25, 0.3) is 0 Å². The third-order valence-corrected chi connectivity index (χ3v) is 2.25. The fourth-order valence-electron chi connectivity index (χ4n) is 1.61. The van der Waals surface area contributed by atoms with E-state index in [1.807, 2.05) is 6.08 Å². The van der Waals surface area contributed by atoms with Crippen molar-refractivity contribution in [2.45, 2.75) is 6.42 Å². The maximum Gasteiger partial charge on any atom is -0.00940 e. The van der Waals surface area contributed by atoms with Gasteiger partial charge in [0.05, 0.1) is 0 Å². The number of rotatable bonds is 2. The highest BCUT2D eigenvalue weighted by molar-refractivity contribution is 5.70. The topological polar surface area (TPSA) is 0 Å². The molecule has 0 saturated heterocycles. The van der Waals surface area contributed by atoms with Crippen molar-refractivity contribution < 1.29 is 0 Å². The van der Waals surface area contributed by atoms with Crippen LogP contribution in [0.5, 0.6) is 0 Å². The summed E-state index contributed by atoms with van der Waals surface area (Å²) >= 11 is 0. The molecule has 0 bridgehead atoms. The first-order chi connectivity index (χ1) is 6.42. The lowest BCUT2D eigenvalue weighted by atomic mass is 10.1. The molecule has 0 spiro atoms. The molecule has 0 amide bonds. The van der Waals surface area contributed by atoms with Gasteiger partial charge >= 0.3 is 0 Å². The van der Waals surface area contributed by atoms with Crippen LogP contribution < -0.4 is 0 Å². The number of allylic oxidation sites excluding steroid dienone is 1. The van der Waals surface area contributed by atoms with Gasteiger partial charge in [-0.15, -0.1) is 6.58 Å². The highest BCUT2D eigenvalue weighted by Gasteiger charge is 2.04. The molecule has 0 fully saturated rings. The smallest absolute Gasteiger partial charge is 0.00940 e. The summed E-state index contributed by atoms with van der Waals surface area (Å²) in [6.07, 6.45) is 2.90. The standard InChI is InChI=1S/C13H12/c1-2-6-11-9-10-12-7-4-3-5-8-13(11)12/h2-5,7-10H,1,6H2. The molecule has 0 saturated carbocycles. The number of fused-ring (bicyclic) bond motifs is 1. The Labute approximate surface area is 78.9 Å². The predicted molar refractivity (Wildman–Crippen MR) is 57.0 cm³/mol. The van der Waals surface area contributed by atoms with Gasteiger partial charge in [0.2, 0.25) is 0 Å². The van der Waals surface area contributed by atoms with Gasteiger partial charge in [-0.25, -0.2) is 0 Å². The summed E-state index contributed by atoms with van der Waals surface area (Å²) in [7, 11) is 0. The van der Waals surface area contributed by atoms with Crippen molar-refractivity contribution in [3.05, 3.63) is 60.7 Å². The van der Waals surface area contributed by atoms with E-state index in [4.69, 9.17) is 0 Å². The van der Waals surface area contributed by atoms with Crippen LogP contribution in [0.25, 0.3) is 11.1 Å². The van der Waals surface area contributed by atoms with E-state index in [0.29, 0.717) is 0 Å². The van der Waals surface area contributed by atoms with Crippen molar-refractivity contribution >= 4 is 0 Å². The van der Waals surface area contributed by atoms with Gasteiger partial charge in [0.15, 0.2) is 0 Å². The number of hydrogen-bond acceptors (Lipinski definition) is 0. The zero-order valence-corrected chi connectivity index (χ0v) is 7.53. The highest BCUT2D eigenvalue weighted by atomic mass is 14.1. The Kier molecular flexibility index (Phi) is 2.13. The molecular formula is C13H12. The van der Waals surface area contributed by atoms with Gasteiger partial charge in [-0.05, 0) is 23.1 Å². The van der Waals surface area contributed by atoms with E-state index >= 15 is 0 Å². The summed E-state index contributed by atoms with van der Waals surface area (Å²) in [5.41, 5.74) is 4.01. The van der Waals surface area contributed by atoms with Crippen molar-refractivity contribution in [3.8, 4) is 11.1 Å². The lowest BCUT2D eigenvalue weighted by molar-refractivity contribution is 1.31. The summed E-state index contributed by atoms with van der Waals surface area (Å²) < 4.78 is 0. The predicted octanol–water partition coefficient (Wildman–Crippen LogP) is 3.52. The first-order valence-electron chi connectivity index (χ1n) is 4.49. The minimum absolute atomic E-state index is 0.952. The largest absolute Gasteiger partial charge is 0.103 e. The van der Waals surface area contributed by atoms with Crippen LogP contribution in [-0.4, -0.2) is 0 Å². The maximum absolute atomic E-state index is 3.76.